The van der Waals surface area contributed by atoms with E-state index in [0.717, 1.165) is 5.69 Å². The molecule has 6 heteroatoms. The fourth-order valence-electron chi connectivity index (χ4n) is 1.62. The molecule has 0 saturated heterocycles. The first-order chi connectivity index (χ1) is 10.0. The molecule has 0 aromatic heterocycles. The second-order valence-corrected chi connectivity index (χ2v) is 5.24. The summed E-state index contributed by atoms with van der Waals surface area (Å²) in [5.41, 5.74) is 0.755. The first kappa shape index (κ1) is 15.9. The van der Waals surface area contributed by atoms with E-state index < -0.39 is 6.10 Å². The monoisotopic (exact) mass is 329 g/mol. The van der Waals surface area contributed by atoms with Crippen molar-refractivity contribution in [2.24, 2.45) is 0 Å². The highest BCUT2D eigenvalue weighted by Gasteiger charge is 2.06. The number of anilines is 1. The van der Waals surface area contributed by atoms with Gasteiger partial charge in [0.15, 0.2) is 0 Å². The van der Waals surface area contributed by atoms with E-state index in [1.54, 1.807) is 18.2 Å². The van der Waals surface area contributed by atoms with E-state index in [2.05, 4.69) is 5.32 Å². The summed E-state index contributed by atoms with van der Waals surface area (Å²) in [6.45, 7) is 0.388. The lowest BCUT2D eigenvalue weighted by molar-refractivity contribution is 0.117. The maximum absolute atomic E-state index is 12.7. The molecule has 0 aliphatic rings. The van der Waals surface area contributed by atoms with Crippen LogP contribution in [0.3, 0.4) is 0 Å². The molecule has 0 fully saturated rings. The molecule has 3 nitrogen and oxygen atoms in total. The van der Waals surface area contributed by atoms with E-state index in [0.29, 0.717) is 22.3 Å². The molecule has 0 amide bonds. The topological polar surface area (TPSA) is 41.5 Å². The van der Waals surface area contributed by atoms with Crippen molar-refractivity contribution >= 4 is 28.9 Å². The molecule has 0 saturated carbocycles. The molecule has 1 unspecified atom stereocenters. The number of rotatable bonds is 6. The van der Waals surface area contributed by atoms with Gasteiger partial charge in [-0.05, 0) is 42.5 Å². The lowest BCUT2D eigenvalue weighted by Gasteiger charge is -2.14. The van der Waals surface area contributed by atoms with Crippen molar-refractivity contribution < 1.29 is 14.2 Å². The van der Waals surface area contributed by atoms with Gasteiger partial charge in [-0.2, -0.15) is 0 Å². The van der Waals surface area contributed by atoms with Gasteiger partial charge in [-0.15, -0.1) is 0 Å². The van der Waals surface area contributed by atoms with Crippen LogP contribution in [0.1, 0.15) is 0 Å². The number of benzene rings is 2. The van der Waals surface area contributed by atoms with Crippen LogP contribution in [0.2, 0.25) is 10.0 Å². The Morgan fingerprint density at radius 1 is 1.10 bits per heavy atom. The molecule has 0 bridgehead atoms. The highest BCUT2D eigenvalue weighted by Crippen LogP contribution is 2.24. The van der Waals surface area contributed by atoms with Gasteiger partial charge >= 0.3 is 0 Å². The Bertz CT molecular complexity index is 593. The highest BCUT2D eigenvalue weighted by atomic mass is 35.5. The van der Waals surface area contributed by atoms with Crippen molar-refractivity contribution in [2.45, 2.75) is 6.10 Å². The molecule has 2 rings (SSSR count). The third kappa shape index (κ3) is 5.08. The summed E-state index contributed by atoms with van der Waals surface area (Å²) >= 11 is 11.7. The Labute approximate surface area is 132 Å². The van der Waals surface area contributed by atoms with E-state index in [-0.39, 0.29) is 12.4 Å². The SMILES string of the molecule is OC(CNc1ccc(Cl)c(Cl)c1)COc1ccc(F)cc1. The number of aliphatic hydroxyl groups is 1. The van der Waals surface area contributed by atoms with Crippen molar-refractivity contribution in [3.05, 3.63) is 58.3 Å². The van der Waals surface area contributed by atoms with E-state index >= 15 is 0 Å². The summed E-state index contributed by atoms with van der Waals surface area (Å²) in [6.07, 6.45) is -0.718. The largest absolute Gasteiger partial charge is 0.491 e. The number of ether oxygens (including phenoxy) is 1. The molecule has 2 N–H and O–H groups in total. The molecule has 0 aliphatic carbocycles. The van der Waals surface area contributed by atoms with Crippen LogP contribution in [0.4, 0.5) is 10.1 Å². The Hall–Kier alpha value is -1.49. The second kappa shape index (κ2) is 7.50. The second-order valence-electron chi connectivity index (χ2n) is 4.43. The lowest BCUT2D eigenvalue weighted by atomic mass is 10.3. The fourth-order valence-corrected chi connectivity index (χ4v) is 1.92. The zero-order valence-electron chi connectivity index (χ0n) is 11.0. The van der Waals surface area contributed by atoms with Crippen molar-refractivity contribution in [1.29, 1.82) is 0 Å². The summed E-state index contributed by atoms with van der Waals surface area (Å²) in [7, 11) is 0. The first-order valence-corrected chi connectivity index (χ1v) is 7.05. The molecule has 1 atom stereocenters. The van der Waals surface area contributed by atoms with Gasteiger partial charge in [-0.1, -0.05) is 23.2 Å². The van der Waals surface area contributed by atoms with Gasteiger partial charge < -0.3 is 15.2 Å². The van der Waals surface area contributed by atoms with E-state index in [9.17, 15) is 9.50 Å². The van der Waals surface area contributed by atoms with Crippen molar-refractivity contribution in [1.82, 2.24) is 0 Å². The predicted molar refractivity (Wildman–Crippen MR) is 82.9 cm³/mol. The van der Waals surface area contributed by atoms with E-state index in [4.69, 9.17) is 27.9 Å². The Morgan fingerprint density at radius 3 is 2.48 bits per heavy atom. The maximum atomic E-state index is 12.7. The quantitative estimate of drug-likeness (QED) is 0.842. The summed E-state index contributed by atoms with van der Waals surface area (Å²) in [5, 5.41) is 13.8. The minimum atomic E-state index is -0.718. The van der Waals surface area contributed by atoms with Crippen LogP contribution in [0, 0.1) is 5.82 Å². The molecule has 0 aliphatic heterocycles. The van der Waals surface area contributed by atoms with Crippen LogP contribution >= 0.6 is 23.2 Å². The molecule has 0 spiro atoms. The maximum Gasteiger partial charge on any atom is 0.123 e. The van der Waals surface area contributed by atoms with Crippen LogP contribution in [0.15, 0.2) is 42.5 Å². The van der Waals surface area contributed by atoms with Gasteiger partial charge in [0, 0.05) is 12.2 Å². The molecule has 2 aromatic carbocycles. The molecule has 2 aromatic rings. The van der Waals surface area contributed by atoms with Gasteiger partial charge in [-0.25, -0.2) is 4.39 Å². The third-order valence-corrected chi connectivity index (χ3v) is 3.46. The molecule has 112 valence electrons. The Balaban J connectivity index is 1.77. The zero-order valence-corrected chi connectivity index (χ0v) is 12.5. The first-order valence-electron chi connectivity index (χ1n) is 6.30. The van der Waals surface area contributed by atoms with E-state index in [1.165, 1.54) is 24.3 Å². The number of aliphatic hydroxyl groups excluding tert-OH is 1. The summed E-state index contributed by atoms with van der Waals surface area (Å²) < 4.78 is 18.1. The number of hydrogen-bond donors (Lipinski definition) is 2. The standard InChI is InChI=1S/C15H14Cl2FNO2/c16-14-6-3-11(7-15(14)17)19-8-12(20)9-21-13-4-1-10(18)2-5-13/h1-7,12,19-20H,8-9H2. The molecule has 0 radical (unpaired) electrons. The van der Waals surface area contributed by atoms with Crippen molar-refractivity contribution in [2.75, 3.05) is 18.5 Å². The van der Waals surface area contributed by atoms with Gasteiger partial charge in [-0.3, -0.25) is 0 Å². The summed E-state index contributed by atoms with van der Waals surface area (Å²) in [4.78, 5) is 0. The fraction of sp³-hybridized carbons (Fsp3) is 0.200. The van der Waals surface area contributed by atoms with Gasteiger partial charge in [0.1, 0.15) is 24.3 Å². The number of hydrogen-bond acceptors (Lipinski definition) is 3. The summed E-state index contributed by atoms with van der Waals surface area (Å²) in [5.74, 6) is 0.175. The average molecular weight is 330 g/mol. The summed E-state index contributed by atoms with van der Waals surface area (Å²) in [6, 6.07) is 10.7. The minimum absolute atomic E-state index is 0.0972. The van der Waals surface area contributed by atoms with Crippen LogP contribution in [-0.4, -0.2) is 24.4 Å². The smallest absolute Gasteiger partial charge is 0.123 e. The molecular weight excluding hydrogens is 316 g/mol. The van der Waals surface area contributed by atoms with Crippen LogP contribution in [-0.2, 0) is 0 Å². The van der Waals surface area contributed by atoms with Crippen LogP contribution < -0.4 is 10.1 Å². The number of nitrogens with one attached hydrogen (secondary N) is 1. The number of halogens is 3. The minimum Gasteiger partial charge on any atom is -0.491 e. The highest BCUT2D eigenvalue weighted by molar-refractivity contribution is 6.42. The van der Waals surface area contributed by atoms with Crippen molar-refractivity contribution in [3.63, 3.8) is 0 Å². The van der Waals surface area contributed by atoms with Gasteiger partial charge in [0.05, 0.1) is 10.0 Å². The molecular formula is C15H14Cl2FNO2. The van der Waals surface area contributed by atoms with Gasteiger partial charge in [0.2, 0.25) is 0 Å². The molecule has 21 heavy (non-hydrogen) atoms. The van der Waals surface area contributed by atoms with Gasteiger partial charge in [0.25, 0.3) is 0 Å². The molecule has 0 heterocycles. The van der Waals surface area contributed by atoms with E-state index in [1.807, 2.05) is 0 Å². The predicted octanol–water partition coefficient (Wildman–Crippen LogP) is 3.98. The normalized spacial score (nSPS) is 12.0. The Morgan fingerprint density at radius 2 is 1.81 bits per heavy atom. The average Bonchev–Trinajstić information content (AvgIpc) is 2.48. The van der Waals surface area contributed by atoms with Crippen molar-refractivity contribution in [3.8, 4) is 5.75 Å². The third-order valence-electron chi connectivity index (χ3n) is 2.72. The van der Waals surface area contributed by atoms with Crippen LogP contribution in [0.5, 0.6) is 5.75 Å². The van der Waals surface area contributed by atoms with Crippen LogP contribution in [0.25, 0.3) is 0 Å². The Kier molecular flexibility index (Phi) is 5.67. The zero-order chi connectivity index (χ0) is 15.2. The lowest BCUT2D eigenvalue weighted by Crippen LogP contribution is -2.26.